The second kappa shape index (κ2) is 9.92. The first-order valence-corrected chi connectivity index (χ1v) is 9.70. The van der Waals surface area contributed by atoms with E-state index in [2.05, 4.69) is 11.4 Å². The van der Waals surface area contributed by atoms with Crippen LogP contribution >= 0.6 is 0 Å². The number of benzene rings is 2. The summed E-state index contributed by atoms with van der Waals surface area (Å²) in [6, 6.07) is 13.2. The molecule has 0 saturated heterocycles. The quantitative estimate of drug-likeness (QED) is 0.450. The molecule has 5 nitrogen and oxygen atoms in total. The highest BCUT2D eigenvalue weighted by molar-refractivity contribution is 5.95. The summed E-state index contributed by atoms with van der Waals surface area (Å²) in [5, 5.41) is 11.6. The van der Waals surface area contributed by atoms with E-state index in [0.29, 0.717) is 18.7 Å². The van der Waals surface area contributed by atoms with Crippen LogP contribution in [-0.2, 0) is 9.59 Å². The van der Waals surface area contributed by atoms with Crippen molar-refractivity contribution in [3.63, 3.8) is 0 Å². The van der Waals surface area contributed by atoms with Gasteiger partial charge in [0.05, 0.1) is 6.61 Å². The predicted molar refractivity (Wildman–Crippen MR) is 116 cm³/mol. The molecule has 29 heavy (non-hydrogen) atoms. The fourth-order valence-electron chi connectivity index (χ4n) is 2.82. The summed E-state index contributed by atoms with van der Waals surface area (Å²) in [5.41, 5.74) is 3.17. The van der Waals surface area contributed by atoms with Gasteiger partial charge in [-0.2, -0.15) is 0 Å². The van der Waals surface area contributed by atoms with Crippen molar-refractivity contribution in [3.8, 4) is 5.75 Å². The van der Waals surface area contributed by atoms with Crippen molar-refractivity contribution in [3.05, 3.63) is 65.2 Å². The van der Waals surface area contributed by atoms with E-state index in [4.69, 9.17) is 9.84 Å². The van der Waals surface area contributed by atoms with E-state index in [1.54, 1.807) is 24.3 Å². The lowest BCUT2D eigenvalue weighted by Gasteiger charge is -2.23. The SMILES string of the molecule is Cc1ccc(C)c(OCCCC(C)(C)C(=O)Nc2ccc(C=CC(=O)O)cc2)c1. The summed E-state index contributed by atoms with van der Waals surface area (Å²) in [6.07, 6.45) is 4.06. The molecule has 0 unspecified atom stereocenters. The van der Waals surface area contributed by atoms with Crippen molar-refractivity contribution in [1.82, 2.24) is 0 Å². The summed E-state index contributed by atoms with van der Waals surface area (Å²) in [6.45, 7) is 8.46. The van der Waals surface area contributed by atoms with Crippen LogP contribution in [0.4, 0.5) is 5.69 Å². The van der Waals surface area contributed by atoms with Gasteiger partial charge < -0.3 is 15.2 Å². The summed E-state index contributed by atoms with van der Waals surface area (Å²) in [5.74, 6) is -0.159. The Labute approximate surface area is 172 Å². The number of rotatable bonds is 9. The first-order chi connectivity index (χ1) is 13.7. The molecule has 0 heterocycles. The molecule has 0 aromatic heterocycles. The Kier molecular flexibility index (Phi) is 7.59. The third-order valence-electron chi connectivity index (χ3n) is 4.75. The van der Waals surface area contributed by atoms with E-state index in [-0.39, 0.29) is 5.91 Å². The largest absolute Gasteiger partial charge is 0.493 e. The van der Waals surface area contributed by atoms with E-state index in [0.717, 1.165) is 34.9 Å². The van der Waals surface area contributed by atoms with Gasteiger partial charge in [0, 0.05) is 17.2 Å². The van der Waals surface area contributed by atoms with Crippen LogP contribution in [0, 0.1) is 19.3 Å². The Morgan fingerprint density at radius 3 is 2.45 bits per heavy atom. The third kappa shape index (κ3) is 7.11. The highest BCUT2D eigenvalue weighted by Crippen LogP contribution is 2.26. The number of hydrogen-bond acceptors (Lipinski definition) is 3. The van der Waals surface area contributed by atoms with Crippen LogP contribution in [0.1, 0.15) is 43.4 Å². The van der Waals surface area contributed by atoms with Crippen molar-refractivity contribution < 1.29 is 19.4 Å². The average molecular weight is 395 g/mol. The van der Waals surface area contributed by atoms with E-state index in [1.165, 1.54) is 6.08 Å². The minimum atomic E-state index is -0.995. The monoisotopic (exact) mass is 395 g/mol. The molecule has 0 spiro atoms. The number of amides is 1. The highest BCUT2D eigenvalue weighted by atomic mass is 16.5. The normalized spacial score (nSPS) is 11.4. The molecule has 2 aromatic rings. The Bertz CT molecular complexity index is 882. The lowest BCUT2D eigenvalue weighted by Crippen LogP contribution is -2.31. The molecule has 0 aliphatic rings. The first-order valence-electron chi connectivity index (χ1n) is 9.70. The maximum absolute atomic E-state index is 12.7. The Hall–Kier alpha value is -3.08. The van der Waals surface area contributed by atoms with Crippen molar-refractivity contribution in [2.45, 2.75) is 40.5 Å². The molecule has 0 saturated carbocycles. The highest BCUT2D eigenvalue weighted by Gasteiger charge is 2.27. The van der Waals surface area contributed by atoms with Gasteiger partial charge >= 0.3 is 5.97 Å². The molecule has 5 heteroatoms. The number of carboxylic acids is 1. The second-order valence-electron chi connectivity index (χ2n) is 7.85. The summed E-state index contributed by atoms with van der Waals surface area (Å²) < 4.78 is 5.88. The average Bonchev–Trinajstić information content (AvgIpc) is 2.67. The minimum absolute atomic E-state index is 0.0573. The number of carbonyl (C=O) groups is 2. The van der Waals surface area contributed by atoms with E-state index in [9.17, 15) is 9.59 Å². The summed E-state index contributed by atoms with van der Waals surface area (Å²) in [7, 11) is 0. The molecular weight excluding hydrogens is 366 g/mol. The standard InChI is InChI=1S/C24H29NO4/c1-17-6-7-18(2)21(16-17)29-15-5-14-24(3,4)23(28)25-20-11-8-19(9-12-20)10-13-22(26)27/h6-13,16H,5,14-15H2,1-4H3,(H,25,28)(H,26,27). The van der Waals surface area contributed by atoms with Crippen molar-refractivity contribution in [2.75, 3.05) is 11.9 Å². The second-order valence-corrected chi connectivity index (χ2v) is 7.85. The number of nitrogens with one attached hydrogen (secondary N) is 1. The molecule has 2 rings (SSSR count). The Morgan fingerprint density at radius 1 is 1.10 bits per heavy atom. The van der Waals surface area contributed by atoms with Gasteiger partial charge in [-0.05, 0) is 67.7 Å². The minimum Gasteiger partial charge on any atom is -0.493 e. The molecule has 154 valence electrons. The van der Waals surface area contributed by atoms with Crippen molar-refractivity contribution >= 4 is 23.6 Å². The zero-order chi connectivity index (χ0) is 21.4. The number of aliphatic carboxylic acids is 1. The fraction of sp³-hybridized carbons (Fsp3) is 0.333. The Balaban J connectivity index is 1.84. The van der Waals surface area contributed by atoms with Crippen LogP contribution in [-0.4, -0.2) is 23.6 Å². The number of ether oxygens (including phenoxy) is 1. The molecule has 0 atom stereocenters. The number of anilines is 1. The molecule has 0 fully saturated rings. The van der Waals surface area contributed by atoms with Gasteiger partial charge in [0.2, 0.25) is 5.91 Å². The molecule has 0 bridgehead atoms. The van der Waals surface area contributed by atoms with E-state index in [1.807, 2.05) is 39.8 Å². The smallest absolute Gasteiger partial charge is 0.328 e. The van der Waals surface area contributed by atoms with Gasteiger partial charge in [-0.3, -0.25) is 4.79 Å². The number of hydrogen-bond donors (Lipinski definition) is 2. The number of carboxylic acid groups (broad SMARTS) is 1. The van der Waals surface area contributed by atoms with Gasteiger partial charge in [0.15, 0.2) is 0 Å². The maximum Gasteiger partial charge on any atom is 0.328 e. The number of carbonyl (C=O) groups excluding carboxylic acids is 1. The van der Waals surface area contributed by atoms with Gasteiger partial charge in [-0.1, -0.05) is 38.1 Å². The maximum atomic E-state index is 12.7. The molecule has 1 amide bonds. The predicted octanol–water partition coefficient (Wildman–Crippen LogP) is 5.23. The summed E-state index contributed by atoms with van der Waals surface area (Å²) >= 11 is 0. The van der Waals surface area contributed by atoms with Gasteiger partial charge in [0.1, 0.15) is 5.75 Å². The van der Waals surface area contributed by atoms with Gasteiger partial charge in [-0.25, -0.2) is 4.79 Å². The van der Waals surface area contributed by atoms with Crippen LogP contribution in [0.3, 0.4) is 0 Å². The van der Waals surface area contributed by atoms with Crippen LogP contribution in [0.25, 0.3) is 6.08 Å². The zero-order valence-electron chi connectivity index (χ0n) is 17.5. The third-order valence-corrected chi connectivity index (χ3v) is 4.75. The van der Waals surface area contributed by atoms with Crippen LogP contribution < -0.4 is 10.1 Å². The van der Waals surface area contributed by atoms with Crippen LogP contribution in [0.2, 0.25) is 0 Å². The molecule has 0 aliphatic carbocycles. The topological polar surface area (TPSA) is 75.6 Å². The molecule has 2 N–H and O–H groups in total. The van der Waals surface area contributed by atoms with E-state index < -0.39 is 11.4 Å². The van der Waals surface area contributed by atoms with Crippen LogP contribution in [0.5, 0.6) is 5.75 Å². The fourth-order valence-corrected chi connectivity index (χ4v) is 2.82. The lowest BCUT2D eigenvalue weighted by molar-refractivity contribution is -0.131. The number of aryl methyl sites for hydroxylation is 2. The zero-order valence-corrected chi connectivity index (χ0v) is 17.5. The lowest BCUT2D eigenvalue weighted by atomic mass is 9.87. The van der Waals surface area contributed by atoms with Crippen LogP contribution in [0.15, 0.2) is 48.5 Å². The molecular formula is C24H29NO4. The van der Waals surface area contributed by atoms with Gasteiger partial charge in [0.25, 0.3) is 0 Å². The van der Waals surface area contributed by atoms with Gasteiger partial charge in [-0.15, -0.1) is 0 Å². The molecule has 0 aliphatic heterocycles. The first kappa shape index (κ1) is 22.2. The van der Waals surface area contributed by atoms with Crippen molar-refractivity contribution in [1.29, 1.82) is 0 Å². The molecule has 2 aromatic carbocycles. The van der Waals surface area contributed by atoms with E-state index >= 15 is 0 Å². The molecule has 0 radical (unpaired) electrons. The Morgan fingerprint density at radius 2 is 1.79 bits per heavy atom. The van der Waals surface area contributed by atoms with Crippen molar-refractivity contribution in [2.24, 2.45) is 5.41 Å². The summed E-state index contributed by atoms with van der Waals surface area (Å²) in [4.78, 5) is 23.2.